The van der Waals surface area contributed by atoms with Gasteiger partial charge in [0.05, 0.1) is 5.56 Å². The molecule has 0 fully saturated rings. The number of nitrogens with one attached hydrogen (secondary N) is 1. The number of carbonyl (C=O) groups is 1. The highest BCUT2D eigenvalue weighted by atomic mass is 19.3. The van der Waals surface area contributed by atoms with Crippen LogP contribution in [-0.2, 0) is 0 Å². The van der Waals surface area contributed by atoms with Gasteiger partial charge in [0.2, 0.25) is 0 Å². The number of fused-ring (bicyclic) bond motifs is 1. The van der Waals surface area contributed by atoms with Crippen LogP contribution < -0.4 is 10.1 Å². The maximum Gasteiger partial charge on any atom is 0.415 e. The Morgan fingerprint density at radius 2 is 2.07 bits per heavy atom. The summed E-state index contributed by atoms with van der Waals surface area (Å²) in [7, 11) is 0. The number of hydrogen-bond donors (Lipinski definition) is 1. The summed E-state index contributed by atoms with van der Waals surface area (Å²) in [6, 6.07) is 5.90. The maximum atomic E-state index is 12.9. The predicted molar refractivity (Wildman–Crippen MR) is 44.4 cm³/mol. The van der Waals surface area contributed by atoms with Crippen LogP contribution in [-0.4, -0.2) is 18.6 Å². The van der Waals surface area contributed by atoms with Crippen molar-refractivity contribution in [3.8, 4) is 5.75 Å². The zero-order valence-electron chi connectivity index (χ0n) is 7.09. The molecule has 0 bridgehead atoms. The van der Waals surface area contributed by atoms with Gasteiger partial charge in [-0.15, -0.1) is 0 Å². The van der Waals surface area contributed by atoms with Crippen LogP contribution in [0.3, 0.4) is 0 Å². The molecule has 0 unspecified atom stereocenters. The van der Waals surface area contributed by atoms with Crippen LogP contribution in [0.4, 0.5) is 8.78 Å². The normalized spacial score (nSPS) is 18.9. The molecule has 5 heteroatoms. The maximum absolute atomic E-state index is 12.9. The molecule has 1 N–H and O–H groups in total. The van der Waals surface area contributed by atoms with Crippen LogP contribution >= 0.6 is 0 Å². The molecule has 1 aromatic carbocycles. The first kappa shape index (κ1) is 8.93. The molecule has 0 aromatic heterocycles. The van der Waals surface area contributed by atoms with Crippen molar-refractivity contribution in [3.05, 3.63) is 29.8 Å². The fourth-order valence-electron chi connectivity index (χ4n) is 1.22. The third kappa shape index (κ3) is 1.53. The first-order valence-electron chi connectivity index (χ1n) is 4.02. The number of para-hydroxylation sites is 1. The molecule has 1 amide bonds. The van der Waals surface area contributed by atoms with E-state index in [9.17, 15) is 13.6 Å². The number of halogens is 2. The van der Waals surface area contributed by atoms with Crippen molar-refractivity contribution in [1.29, 1.82) is 0 Å². The monoisotopic (exact) mass is 199 g/mol. The van der Waals surface area contributed by atoms with Gasteiger partial charge in [-0.1, -0.05) is 12.1 Å². The topological polar surface area (TPSA) is 38.3 Å². The Kier molecular flexibility index (Phi) is 1.87. The standard InChI is InChI=1S/C9H7F2NO2/c10-9(11)5-12-8(13)6-3-1-2-4-7(6)14-9/h1-4H,5H2,(H,12,13). The lowest BCUT2D eigenvalue weighted by Gasteiger charge is -2.14. The van der Waals surface area contributed by atoms with Crippen LogP contribution in [0.15, 0.2) is 24.3 Å². The summed E-state index contributed by atoms with van der Waals surface area (Å²) in [4.78, 5) is 11.3. The molecule has 74 valence electrons. The van der Waals surface area contributed by atoms with E-state index in [1.165, 1.54) is 18.2 Å². The summed E-state index contributed by atoms with van der Waals surface area (Å²) in [6.45, 7) is -0.805. The number of amides is 1. The van der Waals surface area contributed by atoms with Crippen molar-refractivity contribution in [2.75, 3.05) is 6.54 Å². The van der Waals surface area contributed by atoms with E-state index in [-0.39, 0.29) is 11.3 Å². The second-order valence-corrected chi connectivity index (χ2v) is 2.92. The number of carbonyl (C=O) groups excluding carboxylic acids is 1. The Morgan fingerprint density at radius 3 is 2.86 bits per heavy atom. The average molecular weight is 199 g/mol. The highest BCUT2D eigenvalue weighted by molar-refractivity contribution is 5.97. The first-order valence-corrected chi connectivity index (χ1v) is 4.02. The first-order chi connectivity index (χ1) is 6.58. The van der Waals surface area contributed by atoms with Gasteiger partial charge in [0, 0.05) is 0 Å². The molecule has 14 heavy (non-hydrogen) atoms. The van der Waals surface area contributed by atoms with Gasteiger partial charge in [0.1, 0.15) is 12.3 Å². The zero-order chi connectivity index (χ0) is 10.2. The molecule has 0 saturated carbocycles. The van der Waals surface area contributed by atoms with E-state index in [2.05, 4.69) is 10.1 Å². The van der Waals surface area contributed by atoms with Crippen molar-refractivity contribution in [3.63, 3.8) is 0 Å². The molecule has 1 aliphatic heterocycles. The molecule has 0 radical (unpaired) electrons. The predicted octanol–water partition coefficient (Wildman–Crippen LogP) is 1.40. The highest BCUT2D eigenvalue weighted by Crippen LogP contribution is 2.27. The Hall–Kier alpha value is -1.65. The average Bonchev–Trinajstić information content (AvgIpc) is 2.25. The lowest BCUT2D eigenvalue weighted by Crippen LogP contribution is -2.37. The van der Waals surface area contributed by atoms with Gasteiger partial charge in [-0.25, -0.2) is 0 Å². The lowest BCUT2D eigenvalue weighted by atomic mass is 10.2. The fourth-order valence-corrected chi connectivity index (χ4v) is 1.22. The third-order valence-corrected chi connectivity index (χ3v) is 1.85. The summed E-state index contributed by atoms with van der Waals surface area (Å²) in [5.41, 5.74) is 0.129. The number of benzene rings is 1. The second-order valence-electron chi connectivity index (χ2n) is 2.92. The lowest BCUT2D eigenvalue weighted by molar-refractivity contribution is -0.168. The van der Waals surface area contributed by atoms with Crippen LogP contribution in [0.1, 0.15) is 10.4 Å². The second kappa shape index (κ2) is 2.94. The van der Waals surface area contributed by atoms with Gasteiger partial charge in [-0.3, -0.25) is 4.79 Å². The smallest absolute Gasteiger partial charge is 0.415 e. The van der Waals surface area contributed by atoms with E-state index < -0.39 is 18.6 Å². The minimum absolute atomic E-state index is 0.0903. The van der Waals surface area contributed by atoms with Gasteiger partial charge < -0.3 is 10.1 Å². The Bertz CT molecular complexity index is 379. The Labute approximate surface area is 78.7 Å². The number of hydrogen-bond acceptors (Lipinski definition) is 2. The number of ether oxygens (including phenoxy) is 1. The van der Waals surface area contributed by atoms with E-state index in [4.69, 9.17) is 0 Å². The number of rotatable bonds is 0. The molecule has 0 spiro atoms. The molecule has 3 nitrogen and oxygen atoms in total. The fraction of sp³-hybridized carbons (Fsp3) is 0.222. The minimum atomic E-state index is -3.34. The van der Waals surface area contributed by atoms with E-state index in [0.29, 0.717) is 0 Å². The molecule has 0 saturated heterocycles. The summed E-state index contributed by atoms with van der Waals surface area (Å²) < 4.78 is 30.2. The van der Waals surface area contributed by atoms with Crippen LogP contribution in [0.25, 0.3) is 0 Å². The Morgan fingerprint density at radius 1 is 1.36 bits per heavy atom. The van der Waals surface area contributed by atoms with Gasteiger partial charge in [-0.05, 0) is 12.1 Å². The van der Waals surface area contributed by atoms with Gasteiger partial charge in [0.15, 0.2) is 0 Å². The van der Waals surface area contributed by atoms with Gasteiger partial charge in [-0.2, -0.15) is 8.78 Å². The van der Waals surface area contributed by atoms with Gasteiger partial charge in [0.25, 0.3) is 5.91 Å². The quantitative estimate of drug-likeness (QED) is 0.685. The minimum Gasteiger partial charge on any atom is -0.430 e. The molecule has 0 atom stereocenters. The number of alkyl halides is 2. The zero-order valence-corrected chi connectivity index (χ0v) is 7.09. The van der Waals surface area contributed by atoms with E-state index in [0.717, 1.165) is 0 Å². The van der Waals surface area contributed by atoms with Crippen molar-refractivity contribution < 1.29 is 18.3 Å². The van der Waals surface area contributed by atoms with Crippen molar-refractivity contribution in [1.82, 2.24) is 5.32 Å². The van der Waals surface area contributed by atoms with Crippen LogP contribution in [0.5, 0.6) is 5.75 Å². The summed E-state index contributed by atoms with van der Waals surface area (Å²) in [5, 5.41) is 2.08. The third-order valence-electron chi connectivity index (χ3n) is 1.85. The van der Waals surface area contributed by atoms with Crippen molar-refractivity contribution in [2.45, 2.75) is 6.11 Å². The summed E-state index contributed by atoms with van der Waals surface area (Å²) >= 11 is 0. The van der Waals surface area contributed by atoms with Crippen molar-refractivity contribution >= 4 is 5.91 Å². The molecular formula is C9H7F2NO2. The van der Waals surface area contributed by atoms with E-state index in [1.54, 1.807) is 6.07 Å². The largest absolute Gasteiger partial charge is 0.430 e. The Balaban J connectivity index is 2.46. The molecule has 1 aliphatic rings. The SMILES string of the molecule is O=C1NCC(F)(F)Oc2ccccc21. The van der Waals surface area contributed by atoms with E-state index >= 15 is 0 Å². The van der Waals surface area contributed by atoms with Crippen LogP contribution in [0.2, 0.25) is 0 Å². The van der Waals surface area contributed by atoms with Crippen molar-refractivity contribution in [2.24, 2.45) is 0 Å². The molecular weight excluding hydrogens is 192 g/mol. The van der Waals surface area contributed by atoms with Gasteiger partial charge >= 0.3 is 6.11 Å². The van der Waals surface area contributed by atoms with Crippen LogP contribution in [0, 0.1) is 0 Å². The molecule has 2 rings (SSSR count). The summed E-state index contributed by atoms with van der Waals surface area (Å²) in [5.74, 6) is -0.634. The molecule has 0 aliphatic carbocycles. The molecule has 1 aromatic rings. The molecule has 1 heterocycles. The highest BCUT2D eigenvalue weighted by Gasteiger charge is 2.36. The van der Waals surface area contributed by atoms with E-state index in [1.807, 2.05) is 0 Å². The summed E-state index contributed by atoms with van der Waals surface area (Å²) in [6.07, 6.45) is -3.34.